The lowest BCUT2D eigenvalue weighted by atomic mass is 10.1. The highest BCUT2D eigenvalue weighted by Crippen LogP contribution is 2.15. The van der Waals surface area contributed by atoms with Crippen molar-refractivity contribution in [3.63, 3.8) is 0 Å². The van der Waals surface area contributed by atoms with E-state index in [0.29, 0.717) is 5.92 Å². The van der Waals surface area contributed by atoms with Crippen LogP contribution in [0.25, 0.3) is 0 Å². The monoisotopic (exact) mass is 224 g/mol. The molecule has 0 saturated carbocycles. The molecule has 1 aromatic heterocycles. The number of hydrogen-bond acceptors (Lipinski definition) is 3. The summed E-state index contributed by atoms with van der Waals surface area (Å²) in [5.41, 5.74) is 0.888. The molecular weight excluding hydrogens is 207 g/mol. The topological polar surface area (TPSA) is 34.1 Å². The van der Waals surface area contributed by atoms with Crippen molar-refractivity contribution >= 4 is 0 Å². The maximum Gasteiger partial charge on any atom is 0.141 e. The Morgan fingerprint density at radius 2 is 2.50 bits per heavy atom. The molecule has 1 aromatic rings. The molecule has 0 amide bonds. The lowest BCUT2D eigenvalue weighted by Gasteiger charge is -2.16. The van der Waals surface area contributed by atoms with E-state index in [-0.39, 0.29) is 11.9 Å². The van der Waals surface area contributed by atoms with Crippen molar-refractivity contribution in [2.75, 3.05) is 19.8 Å². The van der Waals surface area contributed by atoms with Crippen LogP contribution < -0.4 is 5.32 Å². The van der Waals surface area contributed by atoms with E-state index >= 15 is 0 Å². The summed E-state index contributed by atoms with van der Waals surface area (Å²) in [6.07, 6.45) is 4.04. The Morgan fingerprint density at radius 1 is 1.62 bits per heavy atom. The van der Waals surface area contributed by atoms with E-state index in [1.807, 2.05) is 6.92 Å². The van der Waals surface area contributed by atoms with Crippen LogP contribution in [0.3, 0.4) is 0 Å². The van der Waals surface area contributed by atoms with Gasteiger partial charge in [0.15, 0.2) is 0 Å². The fourth-order valence-corrected chi connectivity index (χ4v) is 1.87. The van der Waals surface area contributed by atoms with Gasteiger partial charge in [0.2, 0.25) is 0 Å². The van der Waals surface area contributed by atoms with Crippen molar-refractivity contribution in [2.45, 2.75) is 19.4 Å². The van der Waals surface area contributed by atoms with E-state index in [1.165, 1.54) is 12.3 Å². The van der Waals surface area contributed by atoms with E-state index in [4.69, 9.17) is 4.74 Å². The highest BCUT2D eigenvalue weighted by molar-refractivity contribution is 5.14. The average Bonchev–Trinajstić information content (AvgIpc) is 2.78. The van der Waals surface area contributed by atoms with Crippen molar-refractivity contribution in [1.82, 2.24) is 10.3 Å². The smallest absolute Gasteiger partial charge is 0.141 e. The predicted molar refractivity (Wildman–Crippen MR) is 59.5 cm³/mol. The molecule has 2 heterocycles. The molecule has 2 rings (SSSR count). The molecule has 3 nitrogen and oxygen atoms in total. The van der Waals surface area contributed by atoms with E-state index < -0.39 is 0 Å². The minimum Gasteiger partial charge on any atom is -0.381 e. The summed E-state index contributed by atoms with van der Waals surface area (Å²) >= 11 is 0. The standard InChI is InChI=1S/C12H17FN2O/c1-9(11-4-12(13)7-14-6-11)15-5-10-2-3-16-8-10/h4,6-7,9-10,15H,2-3,5,8H2,1H3. The van der Waals surface area contributed by atoms with E-state index in [0.717, 1.165) is 31.7 Å². The van der Waals surface area contributed by atoms with Gasteiger partial charge in [0.1, 0.15) is 5.82 Å². The Balaban J connectivity index is 1.85. The fraction of sp³-hybridized carbons (Fsp3) is 0.583. The van der Waals surface area contributed by atoms with Crippen molar-refractivity contribution in [1.29, 1.82) is 0 Å². The lowest BCUT2D eigenvalue weighted by Crippen LogP contribution is -2.26. The maximum atomic E-state index is 13.0. The Hall–Kier alpha value is -1.00. The largest absolute Gasteiger partial charge is 0.381 e. The SMILES string of the molecule is CC(NCC1CCOC1)c1cncc(F)c1. The molecule has 0 aromatic carbocycles. The van der Waals surface area contributed by atoms with Gasteiger partial charge in [-0.1, -0.05) is 0 Å². The summed E-state index contributed by atoms with van der Waals surface area (Å²) in [5.74, 6) is 0.305. The number of pyridine rings is 1. The first-order valence-corrected chi connectivity index (χ1v) is 5.67. The second-order valence-corrected chi connectivity index (χ2v) is 4.30. The Morgan fingerprint density at radius 3 is 3.19 bits per heavy atom. The molecule has 0 bridgehead atoms. The van der Waals surface area contributed by atoms with Crippen LogP contribution in [0.4, 0.5) is 4.39 Å². The second-order valence-electron chi connectivity index (χ2n) is 4.30. The van der Waals surface area contributed by atoms with Gasteiger partial charge in [-0.05, 0) is 30.9 Å². The van der Waals surface area contributed by atoms with Gasteiger partial charge in [0.25, 0.3) is 0 Å². The minimum atomic E-state index is -0.282. The van der Waals surface area contributed by atoms with Gasteiger partial charge in [-0.2, -0.15) is 0 Å². The number of nitrogens with one attached hydrogen (secondary N) is 1. The lowest BCUT2D eigenvalue weighted by molar-refractivity contribution is 0.184. The molecule has 0 aliphatic carbocycles. The molecule has 1 fully saturated rings. The van der Waals surface area contributed by atoms with Gasteiger partial charge in [-0.25, -0.2) is 4.39 Å². The molecule has 16 heavy (non-hydrogen) atoms. The zero-order chi connectivity index (χ0) is 11.4. The first kappa shape index (κ1) is 11.5. The number of rotatable bonds is 4. The van der Waals surface area contributed by atoms with Crippen LogP contribution in [0.5, 0.6) is 0 Å². The summed E-state index contributed by atoms with van der Waals surface area (Å²) < 4.78 is 18.3. The van der Waals surface area contributed by atoms with Crippen molar-refractivity contribution < 1.29 is 9.13 Å². The molecule has 4 heteroatoms. The Kier molecular flexibility index (Phi) is 3.85. The number of hydrogen-bond donors (Lipinski definition) is 1. The molecular formula is C12H17FN2O. The van der Waals surface area contributed by atoms with Crippen LogP contribution in [0.2, 0.25) is 0 Å². The summed E-state index contributed by atoms with van der Waals surface area (Å²) in [6.45, 7) is 4.63. The van der Waals surface area contributed by atoms with Gasteiger partial charge in [-0.15, -0.1) is 0 Å². The Labute approximate surface area is 95.0 Å². The number of aromatic nitrogens is 1. The molecule has 1 aliphatic heterocycles. The van der Waals surface area contributed by atoms with Gasteiger partial charge in [0, 0.05) is 25.4 Å². The highest BCUT2D eigenvalue weighted by Gasteiger charge is 2.16. The third-order valence-corrected chi connectivity index (χ3v) is 2.96. The third-order valence-electron chi connectivity index (χ3n) is 2.96. The molecule has 0 spiro atoms. The van der Waals surface area contributed by atoms with Gasteiger partial charge < -0.3 is 10.1 Å². The van der Waals surface area contributed by atoms with Gasteiger partial charge in [-0.3, -0.25) is 4.98 Å². The second kappa shape index (κ2) is 5.37. The number of halogens is 1. The molecule has 88 valence electrons. The summed E-state index contributed by atoms with van der Waals surface area (Å²) in [6, 6.07) is 1.65. The maximum absolute atomic E-state index is 13.0. The zero-order valence-electron chi connectivity index (χ0n) is 9.45. The summed E-state index contributed by atoms with van der Waals surface area (Å²) in [7, 11) is 0. The molecule has 1 saturated heterocycles. The van der Waals surface area contributed by atoms with Crippen LogP contribution in [-0.2, 0) is 4.74 Å². The molecule has 0 radical (unpaired) electrons. The number of nitrogens with zero attached hydrogens (tertiary/aromatic N) is 1. The third kappa shape index (κ3) is 3.00. The first-order chi connectivity index (χ1) is 7.75. The van der Waals surface area contributed by atoms with Gasteiger partial charge in [0.05, 0.1) is 12.8 Å². The molecule has 1 aliphatic rings. The Bertz CT molecular complexity index is 340. The van der Waals surface area contributed by atoms with Crippen LogP contribution in [0, 0.1) is 11.7 Å². The quantitative estimate of drug-likeness (QED) is 0.848. The molecule has 1 N–H and O–H groups in total. The van der Waals surface area contributed by atoms with Gasteiger partial charge >= 0.3 is 0 Å². The zero-order valence-corrected chi connectivity index (χ0v) is 9.45. The predicted octanol–water partition coefficient (Wildman–Crippen LogP) is 1.91. The summed E-state index contributed by atoms with van der Waals surface area (Å²) in [4.78, 5) is 3.85. The normalized spacial score (nSPS) is 22.2. The average molecular weight is 224 g/mol. The summed E-state index contributed by atoms with van der Waals surface area (Å²) in [5, 5.41) is 3.38. The van der Waals surface area contributed by atoms with E-state index in [2.05, 4.69) is 10.3 Å². The fourth-order valence-electron chi connectivity index (χ4n) is 1.87. The van der Waals surface area contributed by atoms with E-state index in [9.17, 15) is 4.39 Å². The van der Waals surface area contributed by atoms with Crippen LogP contribution >= 0.6 is 0 Å². The van der Waals surface area contributed by atoms with Crippen LogP contribution in [-0.4, -0.2) is 24.7 Å². The van der Waals surface area contributed by atoms with Crippen LogP contribution in [0.15, 0.2) is 18.5 Å². The minimum absolute atomic E-state index is 0.129. The van der Waals surface area contributed by atoms with E-state index in [1.54, 1.807) is 6.20 Å². The first-order valence-electron chi connectivity index (χ1n) is 5.67. The number of ether oxygens (including phenoxy) is 1. The molecule has 2 unspecified atom stereocenters. The molecule has 2 atom stereocenters. The van der Waals surface area contributed by atoms with Crippen molar-refractivity contribution in [2.24, 2.45) is 5.92 Å². The van der Waals surface area contributed by atoms with Crippen molar-refractivity contribution in [3.8, 4) is 0 Å². The van der Waals surface area contributed by atoms with Crippen LogP contribution in [0.1, 0.15) is 24.9 Å². The highest BCUT2D eigenvalue weighted by atomic mass is 19.1. The van der Waals surface area contributed by atoms with Crippen molar-refractivity contribution in [3.05, 3.63) is 29.8 Å².